The molecule has 0 unspecified atom stereocenters. The van der Waals surface area contributed by atoms with E-state index in [1.807, 2.05) is 36.4 Å². The first-order valence-electron chi connectivity index (χ1n) is 13.3. The van der Waals surface area contributed by atoms with Crippen LogP contribution in [0, 0.1) is 0 Å². The number of halogens is 3. The molecule has 1 aromatic heterocycles. The van der Waals surface area contributed by atoms with E-state index < -0.39 is 0 Å². The van der Waals surface area contributed by atoms with E-state index in [9.17, 15) is 4.79 Å². The summed E-state index contributed by atoms with van der Waals surface area (Å²) in [5, 5.41) is 7.95. The minimum absolute atomic E-state index is 0.177. The van der Waals surface area contributed by atoms with E-state index >= 15 is 0 Å². The molecule has 0 N–H and O–H groups in total. The van der Waals surface area contributed by atoms with Crippen molar-refractivity contribution in [3.05, 3.63) is 114 Å². The number of nitrogens with zero attached hydrogens (tertiary/aromatic N) is 3. The average Bonchev–Trinajstić information content (AvgIpc) is 2.97. The molecule has 0 bridgehead atoms. The van der Waals surface area contributed by atoms with Crippen LogP contribution in [0.25, 0.3) is 21.7 Å². The number of hydrogen-bond acceptors (Lipinski definition) is 4. The smallest absolute Gasteiger partial charge is 0.282 e. The standard InChI is InChI=1S/C32H26Br2ClN3O2/c33-24-13-14-29-26(17-24)32(39)38(31(37-29)22-8-2-1-3-9-22)36-18-20-15-27(34)30(28(35)16-20)40-19-23-11-6-10-21-7-4-5-12-25(21)23/h4-7,10-18,22H,1-3,8-9,19H2. The third-order valence-corrected chi connectivity index (χ3v) is 8.76. The van der Waals surface area contributed by atoms with Gasteiger partial charge in [-0.3, -0.25) is 4.79 Å². The van der Waals surface area contributed by atoms with Gasteiger partial charge < -0.3 is 4.74 Å². The van der Waals surface area contributed by atoms with Crippen molar-refractivity contribution >= 4 is 71.4 Å². The Labute approximate surface area is 254 Å². The zero-order chi connectivity index (χ0) is 27.6. The van der Waals surface area contributed by atoms with Gasteiger partial charge in [-0.05, 0) is 81.0 Å². The van der Waals surface area contributed by atoms with E-state index in [4.69, 9.17) is 21.3 Å². The van der Waals surface area contributed by atoms with Crippen LogP contribution in [0.5, 0.6) is 5.75 Å². The number of aromatic nitrogens is 2. The molecule has 1 saturated carbocycles. The monoisotopic (exact) mass is 677 g/mol. The largest absolute Gasteiger partial charge is 0.486 e. The molecule has 5 nitrogen and oxygen atoms in total. The summed E-state index contributed by atoms with van der Waals surface area (Å²) in [6.07, 6.45) is 7.14. The van der Waals surface area contributed by atoms with Gasteiger partial charge in [-0.2, -0.15) is 9.78 Å². The lowest BCUT2D eigenvalue weighted by molar-refractivity contribution is 0.306. The summed E-state index contributed by atoms with van der Waals surface area (Å²) in [6.45, 7) is 0.381. The van der Waals surface area contributed by atoms with Crippen LogP contribution in [0.4, 0.5) is 0 Å². The minimum Gasteiger partial charge on any atom is -0.486 e. The van der Waals surface area contributed by atoms with E-state index in [1.165, 1.54) is 16.5 Å². The molecule has 0 spiro atoms. The molecule has 6 rings (SSSR count). The van der Waals surface area contributed by atoms with E-state index in [0.29, 0.717) is 32.8 Å². The maximum absolute atomic E-state index is 13.6. The molecular weight excluding hydrogens is 654 g/mol. The Kier molecular flexibility index (Phi) is 8.05. The SMILES string of the molecule is O=c1c2cc(Br)ccc2nc(C2CCCCC2)n1N=Cc1cc(Cl)c(OCc2cccc3ccccc23)c(Br)c1. The van der Waals surface area contributed by atoms with Crippen LogP contribution in [0.2, 0.25) is 5.02 Å². The summed E-state index contributed by atoms with van der Waals surface area (Å²) in [6, 6.07) is 23.7. The van der Waals surface area contributed by atoms with Crippen molar-refractivity contribution in [2.75, 3.05) is 0 Å². The Morgan fingerprint density at radius 2 is 1.77 bits per heavy atom. The van der Waals surface area contributed by atoms with Gasteiger partial charge in [0, 0.05) is 10.4 Å². The van der Waals surface area contributed by atoms with Crippen LogP contribution in [-0.2, 0) is 6.61 Å². The van der Waals surface area contributed by atoms with Crippen LogP contribution < -0.4 is 10.3 Å². The van der Waals surface area contributed by atoms with Crippen LogP contribution in [0.3, 0.4) is 0 Å². The Morgan fingerprint density at radius 1 is 0.975 bits per heavy atom. The number of fused-ring (bicyclic) bond motifs is 2. The zero-order valence-corrected chi connectivity index (χ0v) is 25.5. The zero-order valence-electron chi connectivity index (χ0n) is 21.6. The summed E-state index contributed by atoms with van der Waals surface area (Å²) in [5.74, 6) is 1.48. The highest BCUT2D eigenvalue weighted by Gasteiger charge is 2.22. The predicted molar refractivity (Wildman–Crippen MR) is 170 cm³/mol. The second-order valence-electron chi connectivity index (χ2n) is 10.1. The van der Waals surface area contributed by atoms with Gasteiger partial charge in [-0.15, -0.1) is 0 Å². The third-order valence-electron chi connectivity index (χ3n) is 7.40. The van der Waals surface area contributed by atoms with Gasteiger partial charge in [0.1, 0.15) is 12.4 Å². The van der Waals surface area contributed by atoms with Crippen LogP contribution in [-0.4, -0.2) is 15.9 Å². The maximum Gasteiger partial charge on any atom is 0.282 e. The van der Waals surface area contributed by atoms with Crippen molar-refractivity contribution in [3.63, 3.8) is 0 Å². The molecular formula is C32H26Br2ClN3O2. The van der Waals surface area contributed by atoms with Crippen LogP contribution in [0.15, 0.2) is 91.6 Å². The number of benzene rings is 4. The summed E-state index contributed by atoms with van der Waals surface area (Å²) in [4.78, 5) is 18.5. The first kappa shape index (κ1) is 27.2. The lowest BCUT2D eigenvalue weighted by atomic mass is 9.88. The second-order valence-corrected chi connectivity index (χ2v) is 12.2. The molecule has 1 aliphatic carbocycles. The number of ether oxygens (including phenoxy) is 1. The highest BCUT2D eigenvalue weighted by molar-refractivity contribution is 9.10. The fourth-order valence-electron chi connectivity index (χ4n) is 5.39. The molecule has 40 heavy (non-hydrogen) atoms. The molecule has 8 heteroatoms. The predicted octanol–water partition coefficient (Wildman–Crippen LogP) is 9.24. The Balaban J connectivity index is 1.31. The molecule has 1 fully saturated rings. The minimum atomic E-state index is -0.177. The Bertz CT molecular complexity index is 1780. The fraction of sp³-hybridized carbons (Fsp3) is 0.219. The second kappa shape index (κ2) is 11.9. The fourth-order valence-corrected chi connectivity index (χ4v) is 6.74. The maximum atomic E-state index is 13.6. The van der Waals surface area contributed by atoms with E-state index in [0.717, 1.165) is 52.5 Å². The van der Waals surface area contributed by atoms with Gasteiger partial charge in [-0.25, -0.2) is 4.98 Å². The van der Waals surface area contributed by atoms with Gasteiger partial charge in [0.2, 0.25) is 0 Å². The number of hydrogen-bond donors (Lipinski definition) is 0. The molecule has 202 valence electrons. The molecule has 0 atom stereocenters. The highest BCUT2D eigenvalue weighted by Crippen LogP contribution is 2.36. The first-order chi connectivity index (χ1) is 19.5. The first-order valence-corrected chi connectivity index (χ1v) is 15.3. The van der Waals surface area contributed by atoms with Crippen molar-refractivity contribution in [2.45, 2.75) is 44.6 Å². The number of rotatable bonds is 6. The van der Waals surface area contributed by atoms with Crippen molar-refractivity contribution in [1.82, 2.24) is 9.66 Å². The third kappa shape index (κ3) is 5.60. The van der Waals surface area contributed by atoms with Crippen molar-refractivity contribution in [1.29, 1.82) is 0 Å². The molecule has 1 aliphatic rings. The topological polar surface area (TPSA) is 56.5 Å². The van der Waals surface area contributed by atoms with Crippen LogP contribution in [0.1, 0.15) is 55.0 Å². The van der Waals surface area contributed by atoms with Gasteiger partial charge in [0.15, 0.2) is 5.75 Å². The van der Waals surface area contributed by atoms with E-state index in [2.05, 4.69) is 61.2 Å². The highest BCUT2D eigenvalue weighted by atomic mass is 79.9. The molecule has 0 amide bonds. The molecule has 1 heterocycles. The Morgan fingerprint density at radius 3 is 2.60 bits per heavy atom. The quantitative estimate of drug-likeness (QED) is 0.168. The van der Waals surface area contributed by atoms with Gasteiger partial charge in [0.25, 0.3) is 5.56 Å². The average molecular weight is 680 g/mol. The summed E-state index contributed by atoms with van der Waals surface area (Å²) >= 11 is 13.8. The summed E-state index contributed by atoms with van der Waals surface area (Å²) in [7, 11) is 0. The van der Waals surface area contributed by atoms with Gasteiger partial charge in [0.05, 0.1) is 26.6 Å². The summed E-state index contributed by atoms with van der Waals surface area (Å²) in [5.41, 5.74) is 2.34. The van der Waals surface area contributed by atoms with Crippen LogP contribution >= 0.6 is 43.5 Å². The molecule has 4 aromatic carbocycles. The van der Waals surface area contributed by atoms with E-state index in [-0.39, 0.29) is 11.5 Å². The molecule has 0 aliphatic heterocycles. The molecule has 0 saturated heterocycles. The lowest BCUT2D eigenvalue weighted by Crippen LogP contribution is -2.25. The van der Waals surface area contributed by atoms with Crippen molar-refractivity contribution in [2.24, 2.45) is 5.10 Å². The Hall–Kier alpha value is -3.00. The van der Waals surface area contributed by atoms with Crippen molar-refractivity contribution in [3.8, 4) is 5.75 Å². The van der Waals surface area contributed by atoms with Gasteiger partial charge in [-0.1, -0.05) is 89.3 Å². The van der Waals surface area contributed by atoms with Gasteiger partial charge >= 0.3 is 0 Å². The molecule has 0 radical (unpaired) electrons. The summed E-state index contributed by atoms with van der Waals surface area (Å²) < 4.78 is 9.17. The lowest BCUT2D eigenvalue weighted by Gasteiger charge is -2.22. The normalized spacial score (nSPS) is 14.4. The van der Waals surface area contributed by atoms with E-state index in [1.54, 1.807) is 18.3 Å². The molecule has 5 aromatic rings. The van der Waals surface area contributed by atoms with Crippen molar-refractivity contribution < 1.29 is 4.74 Å².